The van der Waals surface area contributed by atoms with Crippen molar-refractivity contribution in [3.63, 3.8) is 0 Å². The first-order chi connectivity index (χ1) is 11.2. The number of hydrogen-bond donors (Lipinski definition) is 1. The predicted octanol–water partition coefficient (Wildman–Crippen LogP) is 3.02. The summed E-state index contributed by atoms with van der Waals surface area (Å²) < 4.78 is 56.2. The molecule has 8 heteroatoms. The molecule has 4 nitrogen and oxygen atoms in total. The molecule has 0 aliphatic carbocycles. The molecule has 0 radical (unpaired) electrons. The monoisotopic (exact) mass is 347 g/mol. The molecule has 1 aromatic rings. The lowest BCUT2D eigenvalue weighted by Gasteiger charge is -2.29. The van der Waals surface area contributed by atoms with Crippen LogP contribution in [0.3, 0.4) is 0 Å². The van der Waals surface area contributed by atoms with Crippen molar-refractivity contribution in [2.45, 2.75) is 31.9 Å². The molecular formula is C16H17F4NO3. The molecule has 2 atom stereocenters. The zero-order valence-electron chi connectivity index (χ0n) is 13.0. The summed E-state index contributed by atoms with van der Waals surface area (Å²) in [5, 5.41) is 2.96. The van der Waals surface area contributed by atoms with Crippen LogP contribution in [0.2, 0.25) is 0 Å². The minimum atomic E-state index is -4.75. The van der Waals surface area contributed by atoms with E-state index in [4.69, 9.17) is 0 Å². The number of hydrogen-bond acceptors (Lipinski definition) is 4. The summed E-state index contributed by atoms with van der Waals surface area (Å²) in [5.74, 6) is -3.60. The Morgan fingerprint density at radius 2 is 2.00 bits per heavy atom. The Morgan fingerprint density at radius 1 is 1.29 bits per heavy atom. The molecule has 0 bridgehead atoms. The van der Waals surface area contributed by atoms with E-state index >= 15 is 0 Å². The van der Waals surface area contributed by atoms with E-state index in [0.717, 1.165) is 6.07 Å². The zero-order chi connectivity index (χ0) is 17.9. The van der Waals surface area contributed by atoms with Crippen molar-refractivity contribution in [3.8, 4) is 0 Å². The standard InChI is InChI=1S/C16H17F4NO3/c1-2-14(22)24-15(23)11-5-10(7-21-8-11)9-3-4-12(13(17)6-9)16(18,19)20/h3-4,6,10-11,21H,2,5,7-8H2,1H3. The number of piperidine rings is 1. The fraction of sp³-hybridized carbons (Fsp3) is 0.500. The van der Waals surface area contributed by atoms with Crippen molar-refractivity contribution in [2.75, 3.05) is 13.1 Å². The number of esters is 2. The molecule has 1 saturated heterocycles. The molecule has 1 N–H and O–H groups in total. The van der Waals surface area contributed by atoms with Crippen molar-refractivity contribution >= 4 is 11.9 Å². The average Bonchev–Trinajstić information content (AvgIpc) is 2.53. The van der Waals surface area contributed by atoms with E-state index in [0.29, 0.717) is 24.7 Å². The molecule has 1 aliphatic heterocycles. The van der Waals surface area contributed by atoms with Gasteiger partial charge in [-0.25, -0.2) is 4.39 Å². The summed E-state index contributed by atoms with van der Waals surface area (Å²) in [6, 6.07) is 2.76. The van der Waals surface area contributed by atoms with Gasteiger partial charge in [0.25, 0.3) is 0 Å². The van der Waals surface area contributed by atoms with Crippen LogP contribution in [0.4, 0.5) is 17.6 Å². The zero-order valence-corrected chi connectivity index (χ0v) is 13.0. The van der Waals surface area contributed by atoms with E-state index in [1.54, 1.807) is 6.92 Å². The van der Waals surface area contributed by atoms with Gasteiger partial charge in [-0.3, -0.25) is 9.59 Å². The van der Waals surface area contributed by atoms with Gasteiger partial charge in [-0.2, -0.15) is 13.2 Å². The SMILES string of the molecule is CCC(=O)OC(=O)C1CNCC(c2ccc(C(F)(F)F)c(F)c2)C1. The number of alkyl halides is 3. The topological polar surface area (TPSA) is 55.4 Å². The smallest absolute Gasteiger partial charge is 0.393 e. The number of ether oxygens (including phenoxy) is 1. The lowest BCUT2D eigenvalue weighted by molar-refractivity contribution is -0.163. The molecule has 1 fully saturated rings. The number of carbonyl (C=O) groups is 2. The van der Waals surface area contributed by atoms with E-state index in [2.05, 4.69) is 10.1 Å². The first-order valence-electron chi connectivity index (χ1n) is 7.54. The van der Waals surface area contributed by atoms with Crippen LogP contribution in [-0.2, 0) is 20.5 Å². The third kappa shape index (κ3) is 4.31. The van der Waals surface area contributed by atoms with Gasteiger partial charge < -0.3 is 10.1 Å². The van der Waals surface area contributed by atoms with Crippen LogP contribution >= 0.6 is 0 Å². The number of benzene rings is 1. The van der Waals surface area contributed by atoms with E-state index in [9.17, 15) is 27.2 Å². The molecule has 24 heavy (non-hydrogen) atoms. The van der Waals surface area contributed by atoms with Crippen LogP contribution in [0, 0.1) is 11.7 Å². The Bertz CT molecular complexity index is 630. The van der Waals surface area contributed by atoms with E-state index in [1.165, 1.54) is 6.07 Å². The van der Waals surface area contributed by atoms with Gasteiger partial charge in [-0.1, -0.05) is 13.0 Å². The van der Waals surface area contributed by atoms with Crippen molar-refractivity contribution in [1.82, 2.24) is 5.32 Å². The summed E-state index contributed by atoms with van der Waals surface area (Å²) in [6.07, 6.45) is -4.41. The second kappa shape index (κ2) is 7.29. The molecule has 1 heterocycles. The van der Waals surface area contributed by atoms with Crippen LogP contribution in [0.25, 0.3) is 0 Å². The molecular weight excluding hydrogens is 330 g/mol. The number of carbonyl (C=O) groups excluding carboxylic acids is 2. The lowest BCUT2D eigenvalue weighted by atomic mass is 9.85. The van der Waals surface area contributed by atoms with Crippen molar-refractivity contribution in [2.24, 2.45) is 5.92 Å². The first kappa shape index (κ1) is 18.4. The number of halogens is 4. The molecule has 1 aliphatic rings. The summed E-state index contributed by atoms with van der Waals surface area (Å²) >= 11 is 0. The predicted molar refractivity (Wildman–Crippen MR) is 76.5 cm³/mol. The summed E-state index contributed by atoms with van der Waals surface area (Å²) in [6.45, 7) is 2.26. The van der Waals surface area contributed by atoms with E-state index < -0.39 is 35.4 Å². The number of rotatable bonds is 3. The Kier molecular flexibility index (Phi) is 5.58. The maximum Gasteiger partial charge on any atom is 0.419 e. The van der Waals surface area contributed by atoms with Crippen molar-refractivity contribution < 1.29 is 31.9 Å². The molecule has 0 spiro atoms. The molecule has 0 amide bonds. The minimum Gasteiger partial charge on any atom is -0.393 e. The van der Waals surface area contributed by atoms with Gasteiger partial charge in [0.2, 0.25) is 0 Å². The Morgan fingerprint density at radius 3 is 2.58 bits per heavy atom. The van der Waals surface area contributed by atoms with Gasteiger partial charge in [0.1, 0.15) is 5.82 Å². The van der Waals surface area contributed by atoms with Gasteiger partial charge in [-0.15, -0.1) is 0 Å². The molecule has 0 saturated carbocycles. The number of nitrogens with one attached hydrogen (secondary N) is 1. The summed E-state index contributed by atoms with van der Waals surface area (Å²) in [4.78, 5) is 23.1. The maximum atomic E-state index is 13.7. The highest BCUT2D eigenvalue weighted by molar-refractivity contribution is 5.86. The summed E-state index contributed by atoms with van der Waals surface area (Å²) in [7, 11) is 0. The van der Waals surface area contributed by atoms with Gasteiger partial charge >= 0.3 is 18.1 Å². The summed E-state index contributed by atoms with van der Waals surface area (Å²) in [5.41, 5.74) is -0.952. The highest BCUT2D eigenvalue weighted by atomic mass is 19.4. The maximum absolute atomic E-state index is 13.7. The highest BCUT2D eigenvalue weighted by Gasteiger charge is 2.35. The van der Waals surface area contributed by atoms with Gasteiger partial charge in [0.05, 0.1) is 11.5 Å². The van der Waals surface area contributed by atoms with Crippen LogP contribution < -0.4 is 5.32 Å². The fourth-order valence-corrected chi connectivity index (χ4v) is 2.66. The van der Waals surface area contributed by atoms with Gasteiger partial charge in [0, 0.05) is 19.5 Å². The quantitative estimate of drug-likeness (QED) is 0.519. The molecule has 0 aromatic heterocycles. The van der Waals surface area contributed by atoms with Crippen LogP contribution in [0.1, 0.15) is 36.8 Å². The third-order valence-corrected chi connectivity index (χ3v) is 3.96. The van der Waals surface area contributed by atoms with Crippen molar-refractivity contribution in [3.05, 3.63) is 35.1 Å². The van der Waals surface area contributed by atoms with E-state index in [-0.39, 0.29) is 18.8 Å². The van der Waals surface area contributed by atoms with Gasteiger partial charge in [-0.05, 0) is 30.0 Å². The third-order valence-electron chi connectivity index (χ3n) is 3.96. The Labute approximate surface area is 136 Å². The average molecular weight is 347 g/mol. The normalized spacial score (nSPS) is 21.4. The van der Waals surface area contributed by atoms with Crippen molar-refractivity contribution in [1.29, 1.82) is 0 Å². The van der Waals surface area contributed by atoms with Crippen LogP contribution in [-0.4, -0.2) is 25.0 Å². The Hall–Kier alpha value is -1.96. The minimum absolute atomic E-state index is 0.0689. The lowest BCUT2D eigenvalue weighted by Crippen LogP contribution is -2.40. The molecule has 1 aromatic carbocycles. The second-order valence-electron chi connectivity index (χ2n) is 5.67. The largest absolute Gasteiger partial charge is 0.419 e. The molecule has 132 valence electrons. The highest BCUT2D eigenvalue weighted by Crippen LogP contribution is 2.34. The Balaban J connectivity index is 2.11. The van der Waals surface area contributed by atoms with E-state index in [1.807, 2.05) is 0 Å². The van der Waals surface area contributed by atoms with Crippen LogP contribution in [0.15, 0.2) is 18.2 Å². The van der Waals surface area contributed by atoms with Gasteiger partial charge in [0.15, 0.2) is 0 Å². The molecule has 2 rings (SSSR count). The second-order valence-corrected chi connectivity index (χ2v) is 5.67. The molecule has 2 unspecified atom stereocenters. The first-order valence-corrected chi connectivity index (χ1v) is 7.54. The van der Waals surface area contributed by atoms with Crippen LogP contribution in [0.5, 0.6) is 0 Å². The fourth-order valence-electron chi connectivity index (χ4n) is 2.66.